The molecule has 1 aliphatic carbocycles. The number of nitrogens with zero attached hydrogens (tertiary/aromatic N) is 1. The summed E-state index contributed by atoms with van der Waals surface area (Å²) in [5.74, 6) is -0.252. The van der Waals surface area contributed by atoms with Gasteiger partial charge in [-0.2, -0.15) is 4.31 Å². The van der Waals surface area contributed by atoms with Crippen LogP contribution in [0.1, 0.15) is 70.3 Å². The van der Waals surface area contributed by atoms with Gasteiger partial charge in [-0.05, 0) is 165 Å². The number of benzene rings is 5. The Morgan fingerprint density at radius 1 is 0.750 bits per heavy atom. The van der Waals surface area contributed by atoms with Crippen molar-refractivity contribution in [2.45, 2.75) is 62.1 Å². The number of amides is 2. The molecule has 1 saturated carbocycles. The largest absolute Gasteiger partial charge is 0.489 e. The summed E-state index contributed by atoms with van der Waals surface area (Å²) in [6, 6.07) is 30.3. The van der Waals surface area contributed by atoms with E-state index in [4.69, 9.17) is 30.5 Å². The summed E-state index contributed by atoms with van der Waals surface area (Å²) in [5.41, 5.74) is 6.15. The first-order valence-electron chi connectivity index (χ1n) is 25.2. The number of hydrogen-bond donors (Lipinski definition) is 4. The molecule has 8 rings (SSSR count). The second kappa shape index (κ2) is 27.6. The van der Waals surface area contributed by atoms with E-state index in [0.29, 0.717) is 98.7 Å². The summed E-state index contributed by atoms with van der Waals surface area (Å²) in [4.78, 5) is 25.4. The van der Waals surface area contributed by atoms with Crippen LogP contribution in [0.3, 0.4) is 0 Å². The number of hydrogen-bond acceptors (Lipinski definition) is 11. The number of nitrogens with one attached hydrogen (secondary N) is 4. The minimum atomic E-state index is -3.80. The molecular formula is C55H61Br3ClN5O10S2. The lowest BCUT2D eigenvalue weighted by atomic mass is 9.90. The molecule has 2 atom stereocenters. The van der Waals surface area contributed by atoms with Crippen LogP contribution in [0.15, 0.2) is 117 Å². The fourth-order valence-electron chi connectivity index (χ4n) is 9.58. The van der Waals surface area contributed by atoms with Crippen LogP contribution in [0.5, 0.6) is 5.75 Å². The zero-order valence-corrected chi connectivity index (χ0v) is 48.9. The predicted molar refractivity (Wildman–Crippen MR) is 309 cm³/mol. The van der Waals surface area contributed by atoms with Crippen molar-refractivity contribution in [3.63, 3.8) is 0 Å². The van der Waals surface area contributed by atoms with Crippen LogP contribution in [0.25, 0.3) is 11.6 Å². The van der Waals surface area contributed by atoms with Crippen LogP contribution >= 0.6 is 59.4 Å². The van der Waals surface area contributed by atoms with Gasteiger partial charge < -0.3 is 34.9 Å². The molecule has 0 bridgehead atoms. The molecule has 2 fully saturated rings. The first-order chi connectivity index (χ1) is 36.6. The van der Waals surface area contributed by atoms with E-state index in [1.807, 2.05) is 60.7 Å². The molecule has 406 valence electrons. The van der Waals surface area contributed by atoms with E-state index in [1.54, 1.807) is 52.8 Å². The minimum Gasteiger partial charge on any atom is -0.489 e. The van der Waals surface area contributed by atoms with Crippen LogP contribution in [-0.2, 0) is 57.8 Å². The zero-order valence-electron chi connectivity index (χ0n) is 41.7. The van der Waals surface area contributed by atoms with Crippen LogP contribution in [0, 0.1) is 5.92 Å². The van der Waals surface area contributed by atoms with Crippen LogP contribution in [0.4, 0.5) is 11.4 Å². The minimum absolute atomic E-state index is 0.0318. The molecule has 2 heterocycles. The normalized spacial score (nSPS) is 17.5. The highest BCUT2D eigenvalue weighted by Gasteiger charge is 2.42. The van der Waals surface area contributed by atoms with Crippen molar-refractivity contribution in [1.29, 1.82) is 0 Å². The van der Waals surface area contributed by atoms with Crippen LogP contribution < -0.4 is 25.4 Å². The van der Waals surface area contributed by atoms with Crippen molar-refractivity contribution in [3.05, 3.63) is 155 Å². The Balaban J connectivity index is 0.687. The van der Waals surface area contributed by atoms with Gasteiger partial charge in [0.15, 0.2) is 0 Å². The van der Waals surface area contributed by atoms with Gasteiger partial charge in [-0.3, -0.25) is 14.3 Å². The van der Waals surface area contributed by atoms with E-state index in [-0.39, 0.29) is 42.7 Å². The molecule has 76 heavy (non-hydrogen) atoms. The summed E-state index contributed by atoms with van der Waals surface area (Å²) in [5, 5.41) is 9.05. The molecule has 4 N–H and O–H groups in total. The van der Waals surface area contributed by atoms with E-state index in [0.717, 1.165) is 73.6 Å². The standard InChI is InChI=1S/C55H61Br3ClN5O10S2/c56-43-13-18-51-47(33-43)48(55(66)62-51)30-40-31-49(57)53(50(58)32-40)74-28-27-73-26-25-72-24-23-71-22-21-61-54(65)41-11-5-39(6-12-41)36-75(67,68)63-45-16-9-37(10-17-45)29-42-19-20-60-34-52(42)76(69,70)64(46-3-1-2-4-46)35-38-7-14-44(59)15-8-38/h5-18,30-33,42,46,52,60,63H,1-4,19-29,34-36H2,(H,61,65)(H,62,66)/b48-30-. The van der Waals surface area contributed by atoms with Crippen LogP contribution in [0.2, 0.25) is 5.02 Å². The lowest BCUT2D eigenvalue weighted by Gasteiger charge is -2.38. The average Bonchev–Trinajstić information content (AvgIpc) is 4.07. The maximum atomic E-state index is 14.5. The zero-order chi connectivity index (χ0) is 53.7. The van der Waals surface area contributed by atoms with Gasteiger partial charge in [-0.15, -0.1) is 0 Å². The summed E-state index contributed by atoms with van der Waals surface area (Å²) >= 11 is 16.8. The Morgan fingerprint density at radius 2 is 1.38 bits per heavy atom. The van der Waals surface area contributed by atoms with E-state index >= 15 is 0 Å². The van der Waals surface area contributed by atoms with Gasteiger partial charge in [-0.25, -0.2) is 16.8 Å². The van der Waals surface area contributed by atoms with Crippen molar-refractivity contribution in [1.82, 2.24) is 14.9 Å². The number of carbonyl (C=O) groups excluding carboxylic acids is 2. The summed E-state index contributed by atoms with van der Waals surface area (Å²) in [6.07, 6.45) is 6.82. The smallest absolute Gasteiger partial charge is 0.256 e. The Hall–Kier alpha value is -4.19. The Kier molecular flexibility index (Phi) is 21.1. The van der Waals surface area contributed by atoms with E-state index in [1.165, 1.54) is 0 Å². The van der Waals surface area contributed by atoms with Crippen LogP contribution in [-0.4, -0.2) is 110 Å². The third-order valence-electron chi connectivity index (χ3n) is 13.4. The number of fused-ring (bicyclic) bond motifs is 1. The quantitative estimate of drug-likeness (QED) is 0.0304. The summed E-state index contributed by atoms with van der Waals surface area (Å²) in [7, 11) is -7.47. The van der Waals surface area contributed by atoms with Gasteiger partial charge in [-0.1, -0.05) is 76.8 Å². The molecule has 0 radical (unpaired) electrons. The second-order valence-corrected chi connectivity index (χ2v) is 25.8. The third kappa shape index (κ3) is 16.2. The average molecular weight is 1290 g/mol. The summed E-state index contributed by atoms with van der Waals surface area (Å²) < 4.78 is 85.0. The molecule has 2 unspecified atom stereocenters. The maximum Gasteiger partial charge on any atom is 0.256 e. The number of sulfonamides is 2. The lowest BCUT2D eigenvalue weighted by molar-refractivity contribution is -0.110. The number of halogens is 4. The third-order valence-corrected chi connectivity index (χ3v) is 19.0. The van der Waals surface area contributed by atoms with Gasteiger partial charge >= 0.3 is 0 Å². The first-order valence-corrected chi connectivity index (χ1v) is 31.1. The highest BCUT2D eigenvalue weighted by Crippen LogP contribution is 2.39. The Labute approximate surface area is 475 Å². The Morgan fingerprint density at radius 3 is 2.07 bits per heavy atom. The van der Waals surface area contributed by atoms with Gasteiger partial charge in [0.05, 0.1) is 59.6 Å². The molecule has 1 saturated heterocycles. The van der Waals surface area contributed by atoms with Gasteiger partial charge in [0.25, 0.3) is 11.8 Å². The molecule has 5 aromatic carbocycles. The number of rotatable bonds is 26. The van der Waals surface area contributed by atoms with Crippen molar-refractivity contribution < 1.29 is 45.4 Å². The van der Waals surface area contributed by atoms with Crippen molar-refractivity contribution >= 4 is 114 Å². The van der Waals surface area contributed by atoms with E-state index < -0.39 is 25.3 Å². The molecule has 2 aliphatic heterocycles. The molecule has 2 amide bonds. The second-order valence-electron chi connectivity index (χ2n) is 18.9. The van der Waals surface area contributed by atoms with E-state index in [2.05, 4.69) is 68.5 Å². The lowest BCUT2D eigenvalue weighted by Crippen LogP contribution is -2.53. The SMILES string of the molecule is O=C1Nc2ccc(Br)cc2/C1=C/c1cc(Br)c(OCCOCCOCCOCCNC(=O)c2ccc(CS(=O)(=O)Nc3ccc(CC4CCNCC4S(=O)(=O)N(Cc4ccc(Cl)cc4)C4CCCC4)cc3)cc2)c(Br)c1. The summed E-state index contributed by atoms with van der Waals surface area (Å²) in [6.45, 7) is 4.05. The first kappa shape index (κ1) is 58.0. The Bertz CT molecular complexity index is 3030. The van der Waals surface area contributed by atoms with Gasteiger partial charge in [0.2, 0.25) is 20.0 Å². The highest BCUT2D eigenvalue weighted by molar-refractivity contribution is 9.11. The fourth-order valence-corrected chi connectivity index (χ4v) is 15.1. The topological polar surface area (TPSA) is 191 Å². The number of anilines is 2. The number of piperidine rings is 1. The van der Waals surface area contributed by atoms with E-state index in [9.17, 15) is 26.4 Å². The molecule has 21 heteroatoms. The maximum absolute atomic E-state index is 14.5. The fraction of sp³-hybridized carbons (Fsp3) is 0.382. The van der Waals surface area contributed by atoms with Gasteiger partial charge in [0.1, 0.15) is 12.4 Å². The molecule has 5 aromatic rings. The molecule has 0 aromatic heterocycles. The van der Waals surface area contributed by atoms with Crippen molar-refractivity contribution in [2.75, 3.05) is 75.9 Å². The van der Waals surface area contributed by atoms with Gasteiger partial charge in [0, 0.05) is 63.2 Å². The molecule has 3 aliphatic rings. The molecular weight excluding hydrogens is 1230 g/mol. The van der Waals surface area contributed by atoms with Crippen molar-refractivity contribution in [3.8, 4) is 5.75 Å². The number of ether oxygens (including phenoxy) is 4. The molecule has 0 spiro atoms. The monoisotopic (exact) mass is 1290 g/mol. The number of carbonyl (C=O) groups is 2. The van der Waals surface area contributed by atoms with Crippen molar-refractivity contribution in [2.24, 2.45) is 5.92 Å². The predicted octanol–water partition coefficient (Wildman–Crippen LogP) is 10.2. The molecule has 15 nitrogen and oxygen atoms in total. The highest BCUT2D eigenvalue weighted by atomic mass is 79.9.